The number of hydrogen-bond acceptors (Lipinski definition) is 7. The van der Waals surface area contributed by atoms with E-state index >= 15 is 0 Å². The fraction of sp³-hybridized carbons (Fsp3) is 0.615. The third kappa shape index (κ3) is 2.33. The number of hydrogen-bond donors (Lipinski definition) is 1. The van der Waals surface area contributed by atoms with Crippen LogP contribution < -0.4 is 10.2 Å². The summed E-state index contributed by atoms with van der Waals surface area (Å²) in [7, 11) is 0. The summed E-state index contributed by atoms with van der Waals surface area (Å²) >= 11 is 1.67. The van der Waals surface area contributed by atoms with E-state index in [0.717, 1.165) is 61.9 Å². The summed E-state index contributed by atoms with van der Waals surface area (Å²) in [6.45, 7) is 7.32. The first-order chi connectivity index (χ1) is 10.3. The summed E-state index contributed by atoms with van der Waals surface area (Å²) in [6, 6.07) is 0.248. The average molecular weight is 306 g/mol. The molecule has 4 heterocycles. The maximum atomic E-state index is 5.39. The van der Waals surface area contributed by atoms with Crippen molar-refractivity contribution in [1.82, 2.24) is 25.1 Å². The molecular formula is C13H18N6OS. The number of anilines is 1. The van der Waals surface area contributed by atoms with Crippen molar-refractivity contribution in [1.29, 1.82) is 0 Å². The Morgan fingerprint density at radius 2 is 2.14 bits per heavy atom. The molecule has 2 aliphatic heterocycles. The van der Waals surface area contributed by atoms with E-state index in [-0.39, 0.29) is 6.04 Å². The highest BCUT2D eigenvalue weighted by atomic mass is 32.1. The van der Waals surface area contributed by atoms with Crippen LogP contribution in [0.3, 0.4) is 0 Å². The molecule has 8 heteroatoms. The first-order valence-electron chi connectivity index (χ1n) is 7.28. The fourth-order valence-corrected chi connectivity index (χ4v) is 3.65. The average Bonchev–Trinajstić information content (AvgIpc) is 3.15. The first kappa shape index (κ1) is 13.2. The van der Waals surface area contributed by atoms with Crippen molar-refractivity contribution in [2.75, 3.05) is 37.7 Å². The molecule has 0 bridgehead atoms. The topological polar surface area (TPSA) is 68.1 Å². The fourth-order valence-electron chi connectivity index (χ4n) is 2.80. The van der Waals surface area contributed by atoms with E-state index in [0.29, 0.717) is 0 Å². The van der Waals surface area contributed by atoms with Crippen LogP contribution in [0.1, 0.15) is 18.8 Å². The summed E-state index contributed by atoms with van der Waals surface area (Å²) in [5.41, 5.74) is 0.925. The van der Waals surface area contributed by atoms with E-state index in [1.54, 1.807) is 11.3 Å². The van der Waals surface area contributed by atoms with Crippen LogP contribution in [0.15, 0.2) is 5.38 Å². The van der Waals surface area contributed by atoms with Crippen molar-refractivity contribution < 1.29 is 4.74 Å². The Bertz CT molecular complexity index is 632. The highest BCUT2D eigenvalue weighted by Gasteiger charge is 2.24. The second kappa shape index (κ2) is 5.36. The number of nitrogens with zero attached hydrogens (tertiary/aromatic N) is 5. The maximum Gasteiger partial charge on any atom is 0.186 e. The van der Waals surface area contributed by atoms with Crippen LogP contribution >= 0.6 is 11.3 Å². The predicted octanol–water partition coefficient (Wildman–Crippen LogP) is 0.902. The minimum Gasteiger partial charge on any atom is -0.378 e. The van der Waals surface area contributed by atoms with Crippen molar-refractivity contribution >= 4 is 16.5 Å². The van der Waals surface area contributed by atoms with Gasteiger partial charge < -0.3 is 19.5 Å². The lowest BCUT2D eigenvalue weighted by atomic mass is 10.2. The predicted molar refractivity (Wildman–Crippen MR) is 80.6 cm³/mol. The van der Waals surface area contributed by atoms with Gasteiger partial charge >= 0.3 is 0 Å². The van der Waals surface area contributed by atoms with Gasteiger partial charge in [-0.25, -0.2) is 4.98 Å². The van der Waals surface area contributed by atoms with Crippen LogP contribution in [0.5, 0.6) is 0 Å². The van der Waals surface area contributed by atoms with Crippen molar-refractivity contribution in [2.24, 2.45) is 0 Å². The second-order valence-electron chi connectivity index (χ2n) is 5.32. The standard InChI is InChI=1S/C13H18N6OS/c1-9-11-16-17-12(19(11)3-2-14-9)10-8-21-13(15-10)18-4-6-20-7-5-18/h8-9,14H,2-7H2,1H3/t9-/m0/s1. The quantitative estimate of drug-likeness (QED) is 0.889. The molecule has 0 aliphatic carbocycles. The van der Waals surface area contributed by atoms with Gasteiger partial charge in [-0.2, -0.15) is 0 Å². The molecule has 1 N–H and O–H groups in total. The van der Waals surface area contributed by atoms with E-state index in [9.17, 15) is 0 Å². The Morgan fingerprint density at radius 3 is 3.00 bits per heavy atom. The summed E-state index contributed by atoms with van der Waals surface area (Å²) < 4.78 is 7.57. The minimum absolute atomic E-state index is 0.248. The van der Waals surface area contributed by atoms with Gasteiger partial charge in [0, 0.05) is 31.6 Å². The molecule has 2 aromatic heterocycles. The van der Waals surface area contributed by atoms with Gasteiger partial charge in [-0.15, -0.1) is 21.5 Å². The number of morpholine rings is 1. The van der Waals surface area contributed by atoms with Crippen LogP contribution in [0.2, 0.25) is 0 Å². The van der Waals surface area contributed by atoms with Gasteiger partial charge in [0.2, 0.25) is 0 Å². The van der Waals surface area contributed by atoms with E-state index < -0.39 is 0 Å². The summed E-state index contributed by atoms with van der Waals surface area (Å²) in [5, 5.41) is 15.2. The Balaban J connectivity index is 1.64. The van der Waals surface area contributed by atoms with Crippen LogP contribution in [-0.2, 0) is 11.3 Å². The summed E-state index contributed by atoms with van der Waals surface area (Å²) in [6.07, 6.45) is 0. The zero-order valence-electron chi connectivity index (χ0n) is 11.9. The summed E-state index contributed by atoms with van der Waals surface area (Å²) in [5.74, 6) is 1.88. The highest BCUT2D eigenvalue weighted by molar-refractivity contribution is 7.14. The molecule has 7 nitrogen and oxygen atoms in total. The van der Waals surface area contributed by atoms with Gasteiger partial charge in [0.15, 0.2) is 11.0 Å². The third-order valence-electron chi connectivity index (χ3n) is 3.96. The second-order valence-corrected chi connectivity index (χ2v) is 6.16. The van der Waals surface area contributed by atoms with Gasteiger partial charge in [-0.1, -0.05) is 0 Å². The molecule has 1 fully saturated rings. The van der Waals surface area contributed by atoms with E-state index in [4.69, 9.17) is 9.72 Å². The van der Waals surface area contributed by atoms with Gasteiger partial charge in [-0.3, -0.25) is 0 Å². The van der Waals surface area contributed by atoms with Gasteiger partial charge in [0.05, 0.1) is 19.3 Å². The van der Waals surface area contributed by atoms with Gasteiger partial charge in [0.1, 0.15) is 11.5 Å². The Hall–Kier alpha value is -1.51. The maximum absolute atomic E-state index is 5.39. The monoisotopic (exact) mass is 306 g/mol. The molecule has 0 amide bonds. The molecule has 0 spiro atoms. The van der Waals surface area contributed by atoms with Crippen LogP contribution in [0, 0.1) is 0 Å². The molecule has 0 radical (unpaired) electrons. The Morgan fingerprint density at radius 1 is 1.29 bits per heavy atom. The van der Waals surface area contributed by atoms with Crippen molar-refractivity contribution in [3.8, 4) is 11.5 Å². The van der Waals surface area contributed by atoms with Gasteiger partial charge in [0.25, 0.3) is 0 Å². The van der Waals surface area contributed by atoms with E-state index in [1.807, 2.05) is 0 Å². The van der Waals surface area contributed by atoms with Gasteiger partial charge in [-0.05, 0) is 6.92 Å². The van der Waals surface area contributed by atoms with Crippen LogP contribution in [0.4, 0.5) is 5.13 Å². The third-order valence-corrected chi connectivity index (χ3v) is 4.86. The molecule has 0 saturated carbocycles. The molecule has 1 saturated heterocycles. The Kier molecular flexibility index (Phi) is 3.36. The molecule has 21 heavy (non-hydrogen) atoms. The molecule has 2 aliphatic rings. The van der Waals surface area contributed by atoms with Crippen molar-refractivity contribution in [3.05, 3.63) is 11.2 Å². The molecule has 0 aromatic carbocycles. The van der Waals surface area contributed by atoms with Crippen LogP contribution in [-0.4, -0.2) is 52.6 Å². The molecule has 1 atom stereocenters. The zero-order valence-corrected chi connectivity index (χ0v) is 12.8. The number of aromatic nitrogens is 4. The number of ether oxygens (including phenoxy) is 1. The number of rotatable bonds is 2. The first-order valence-corrected chi connectivity index (χ1v) is 8.16. The molecule has 112 valence electrons. The lowest BCUT2D eigenvalue weighted by Gasteiger charge is -2.26. The molecular weight excluding hydrogens is 288 g/mol. The number of fused-ring (bicyclic) bond motifs is 1. The molecule has 4 rings (SSSR count). The van der Waals surface area contributed by atoms with Crippen molar-refractivity contribution in [3.63, 3.8) is 0 Å². The molecule has 2 aromatic rings. The number of thiazole rings is 1. The zero-order chi connectivity index (χ0) is 14.2. The lowest BCUT2D eigenvalue weighted by Crippen LogP contribution is -2.36. The largest absolute Gasteiger partial charge is 0.378 e. The highest BCUT2D eigenvalue weighted by Crippen LogP contribution is 2.29. The smallest absolute Gasteiger partial charge is 0.186 e. The Labute approximate surface area is 127 Å². The van der Waals surface area contributed by atoms with Crippen LogP contribution in [0.25, 0.3) is 11.5 Å². The molecule has 0 unspecified atom stereocenters. The minimum atomic E-state index is 0.248. The SMILES string of the molecule is C[C@@H]1NCCn2c(-c3csc(N4CCOCC4)n3)nnc21. The normalized spacial score (nSPS) is 22.3. The van der Waals surface area contributed by atoms with E-state index in [2.05, 4.69) is 37.3 Å². The number of nitrogens with one attached hydrogen (secondary N) is 1. The summed E-state index contributed by atoms with van der Waals surface area (Å²) in [4.78, 5) is 7.03. The van der Waals surface area contributed by atoms with E-state index in [1.165, 1.54) is 0 Å². The lowest BCUT2D eigenvalue weighted by molar-refractivity contribution is 0.122. The van der Waals surface area contributed by atoms with Crippen molar-refractivity contribution in [2.45, 2.75) is 19.5 Å².